The molecule has 0 bridgehead atoms. The molecule has 0 radical (unpaired) electrons. The lowest BCUT2D eigenvalue weighted by Crippen LogP contribution is -2.63. The van der Waals surface area contributed by atoms with Crippen LogP contribution >= 0.6 is 0 Å². The largest absolute Gasteiger partial charge is 0.444 e. The van der Waals surface area contributed by atoms with E-state index in [0.717, 1.165) is 6.54 Å². The van der Waals surface area contributed by atoms with Gasteiger partial charge in [-0.05, 0) is 27.7 Å². The Hall–Kier alpha value is -0.810. The molecule has 0 unspecified atom stereocenters. The Morgan fingerprint density at radius 3 is 2.69 bits per heavy atom. The molecular weight excluding hydrogens is 208 g/mol. The monoisotopic (exact) mass is 230 g/mol. The van der Waals surface area contributed by atoms with Gasteiger partial charge in [0.2, 0.25) is 0 Å². The average molecular weight is 230 g/mol. The summed E-state index contributed by atoms with van der Waals surface area (Å²) in [6.45, 7) is 9.17. The Morgan fingerprint density at radius 1 is 1.56 bits per heavy atom. The molecule has 1 aliphatic rings. The molecule has 1 aliphatic heterocycles. The van der Waals surface area contributed by atoms with E-state index in [1.54, 1.807) is 4.90 Å². The molecule has 94 valence electrons. The van der Waals surface area contributed by atoms with E-state index in [2.05, 4.69) is 5.32 Å². The van der Waals surface area contributed by atoms with Crippen LogP contribution in [0.3, 0.4) is 0 Å². The van der Waals surface area contributed by atoms with Gasteiger partial charge in [0.15, 0.2) is 0 Å². The first-order valence-electron chi connectivity index (χ1n) is 5.61. The van der Waals surface area contributed by atoms with E-state index in [1.165, 1.54) is 0 Å². The fourth-order valence-corrected chi connectivity index (χ4v) is 1.68. The molecule has 16 heavy (non-hydrogen) atoms. The number of aliphatic hydroxyl groups is 1. The molecule has 1 fully saturated rings. The molecule has 0 aromatic rings. The van der Waals surface area contributed by atoms with Gasteiger partial charge in [-0.1, -0.05) is 0 Å². The number of nitrogens with zero attached hydrogens (tertiary/aromatic N) is 1. The van der Waals surface area contributed by atoms with Crippen LogP contribution in [0.5, 0.6) is 0 Å². The molecule has 5 nitrogen and oxygen atoms in total. The Balaban J connectivity index is 2.72. The summed E-state index contributed by atoms with van der Waals surface area (Å²) in [5.74, 6) is 0. The minimum atomic E-state index is -0.569. The zero-order valence-electron chi connectivity index (χ0n) is 10.5. The summed E-state index contributed by atoms with van der Waals surface area (Å²) in [5.41, 5.74) is -1.07. The van der Waals surface area contributed by atoms with Crippen molar-refractivity contribution >= 4 is 6.09 Å². The normalized spacial score (nSPS) is 26.7. The van der Waals surface area contributed by atoms with Gasteiger partial charge in [0.05, 0.1) is 12.1 Å². The van der Waals surface area contributed by atoms with Crippen molar-refractivity contribution in [1.82, 2.24) is 10.2 Å². The van der Waals surface area contributed by atoms with Gasteiger partial charge < -0.3 is 15.2 Å². The zero-order valence-corrected chi connectivity index (χ0v) is 10.5. The highest BCUT2D eigenvalue weighted by Crippen LogP contribution is 2.20. The second-order valence-electron chi connectivity index (χ2n) is 5.46. The van der Waals surface area contributed by atoms with Gasteiger partial charge in [0.1, 0.15) is 5.60 Å². The van der Waals surface area contributed by atoms with Crippen LogP contribution in [0.25, 0.3) is 0 Å². The molecule has 0 aromatic carbocycles. The van der Waals surface area contributed by atoms with Crippen LogP contribution in [0, 0.1) is 0 Å². The number of carbonyl (C=O) groups is 1. The number of aliphatic hydroxyl groups excluding tert-OH is 1. The van der Waals surface area contributed by atoms with Crippen molar-refractivity contribution < 1.29 is 14.6 Å². The highest BCUT2D eigenvalue weighted by molar-refractivity contribution is 5.69. The highest BCUT2D eigenvalue weighted by atomic mass is 16.6. The second-order valence-corrected chi connectivity index (χ2v) is 5.46. The number of nitrogens with one attached hydrogen (secondary N) is 1. The Labute approximate surface area is 96.8 Å². The molecule has 1 saturated heterocycles. The molecular formula is C11H22N2O3. The summed E-state index contributed by atoms with van der Waals surface area (Å²) in [6.07, 6.45) is -0.356. The Kier molecular flexibility index (Phi) is 3.80. The first-order valence-corrected chi connectivity index (χ1v) is 5.61. The molecule has 2 N–H and O–H groups in total. The van der Waals surface area contributed by atoms with Crippen LogP contribution in [0.2, 0.25) is 0 Å². The van der Waals surface area contributed by atoms with E-state index in [1.807, 2.05) is 27.7 Å². The maximum absolute atomic E-state index is 12.0. The third-order valence-corrected chi connectivity index (χ3v) is 2.62. The SMILES string of the molecule is CC(C)(C)OC(=O)N1CCNC[C@]1(C)CO. The number of ether oxygens (including phenoxy) is 1. The molecule has 0 aromatic heterocycles. The van der Waals surface area contributed by atoms with Crippen LogP contribution in [0.4, 0.5) is 4.79 Å². The quantitative estimate of drug-likeness (QED) is 0.691. The number of rotatable bonds is 1. The summed E-state index contributed by atoms with van der Waals surface area (Å²) < 4.78 is 5.32. The van der Waals surface area contributed by atoms with Crippen LogP contribution in [-0.4, -0.2) is 53.5 Å². The average Bonchev–Trinajstić information content (AvgIpc) is 2.15. The van der Waals surface area contributed by atoms with E-state index in [-0.39, 0.29) is 12.7 Å². The predicted molar refractivity (Wildman–Crippen MR) is 61.3 cm³/mol. The van der Waals surface area contributed by atoms with Crippen molar-refractivity contribution in [3.8, 4) is 0 Å². The molecule has 0 saturated carbocycles. The molecule has 1 amide bonds. The second kappa shape index (κ2) is 4.59. The van der Waals surface area contributed by atoms with Gasteiger partial charge in [0.25, 0.3) is 0 Å². The first kappa shape index (κ1) is 13.3. The minimum absolute atomic E-state index is 0.0702. The van der Waals surface area contributed by atoms with Gasteiger partial charge in [-0.15, -0.1) is 0 Å². The fourth-order valence-electron chi connectivity index (χ4n) is 1.68. The van der Waals surface area contributed by atoms with Crippen LogP contribution < -0.4 is 5.32 Å². The van der Waals surface area contributed by atoms with Gasteiger partial charge in [-0.25, -0.2) is 4.79 Å². The first-order chi connectivity index (χ1) is 7.28. The Bertz CT molecular complexity index is 262. The highest BCUT2D eigenvalue weighted by Gasteiger charge is 2.39. The van der Waals surface area contributed by atoms with Crippen molar-refractivity contribution in [1.29, 1.82) is 0 Å². The molecule has 1 atom stereocenters. The number of hydrogen-bond donors (Lipinski definition) is 2. The van der Waals surface area contributed by atoms with E-state index in [0.29, 0.717) is 13.1 Å². The van der Waals surface area contributed by atoms with E-state index in [9.17, 15) is 9.90 Å². The van der Waals surface area contributed by atoms with Gasteiger partial charge >= 0.3 is 6.09 Å². The number of hydrogen-bond acceptors (Lipinski definition) is 4. The van der Waals surface area contributed by atoms with Gasteiger partial charge in [0, 0.05) is 19.6 Å². The summed E-state index contributed by atoms with van der Waals surface area (Å²) in [5, 5.41) is 12.5. The standard InChI is InChI=1S/C11H22N2O3/c1-10(2,3)16-9(15)13-6-5-12-7-11(13,4)8-14/h12,14H,5-8H2,1-4H3/t11-/m1/s1. The lowest BCUT2D eigenvalue weighted by molar-refractivity contribution is -0.0217. The zero-order chi connectivity index (χ0) is 12.4. The van der Waals surface area contributed by atoms with Crippen LogP contribution in [-0.2, 0) is 4.74 Å². The van der Waals surface area contributed by atoms with Crippen molar-refractivity contribution in [2.24, 2.45) is 0 Å². The lowest BCUT2D eigenvalue weighted by Gasteiger charge is -2.44. The van der Waals surface area contributed by atoms with Crippen molar-refractivity contribution in [3.63, 3.8) is 0 Å². The smallest absolute Gasteiger partial charge is 0.410 e. The van der Waals surface area contributed by atoms with Crippen molar-refractivity contribution in [2.75, 3.05) is 26.2 Å². The van der Waals surface area contributed by atoms with Crippen molar-refractivity contribution in [2.45, 2.75) is 38.8 Å². The molecule has 5 heteroatoms. The van der Waals surface area contributed by atoms with Crippen molar-refractivity contribution in [3.05, 3.63) is 0 Å². The summed E-state index contributed by atoms with van der Waals surface area (Å²) in [4.78, 5) is 13.6. The third-order valence-electron chi connectivity index (χ3n) is 2.62. The molecule has 1 heterocycles. The number of carbonyl (C=O) groups excluding carboxylic acids is 1. The summed E-state index contributed by atoms with van der Waals surface area (Å²) in [7, 11) is 0. The Morgan fingerprint density at radius 2 is 2.19 bits per heavy atom. The number of piperazine rings is 1. The van der Waals surface area contributed by atoms with Crippen LogP contribution in [0.15, 0.2) is 0 Å². The maximum Gasteiger partial charge on any atom is 0.410 e. The van der Waals surface area contributed by atoms with E-state index >= 15 is 0 Å². The molecule has 0 aliphatic carbocycles. The van der Waals surface area contributed by atoms with Crippen LogP contribution in [0.1, 0.15) is 27.7 Å². The van der Waals surface area contributed by atoms with Gasteiger partial charge in [-0.2, -0.15) is 0 Å². The third kappa shape index (κ3) is 3.09. The predicted octanol–water partition coefficient (Wildman–Crippen LogP) is 0.578. The van der Waals surface area contributed by atoms with Gasteiger partial charge in [-0.3, -0.25) is 4.90 Å². The summed E-state index contributed by atoms with van der Waals surface area (Å²) in [6, 6.07) is 0. The maximum atomic E-state index is 12.0. The topological polar surface area (TPSA) is 61.8 Å². The molecule has 1 rings (SSSR count). The summed E-state index contributed by atoms with van der Waals surface area (Å²) >= 11 is 0. The lowest BCUT2D eigenvalue weighted by atomic mass is 9.99. The molecule has 0 spiro atoms. The fraction of sp³-hybridized carbons (Fsp3) is 0.909. The number of amides is 1. The van der Waals surface area contributed by atoms with E-state index < -0.39 is 11.1 Å². The minimum Gasteiger partial charge on any atom is -0.444 e. The van der Waals surface area contributed by atoms with E-state index in [4.69, 9.17) is 4.74 Å².